The summed E-state index contributed by atoms with van der Waals surface area (Å²) in [6.07, 6.45) is 0. The van der Waals surface area contributed by atoms with Gasteiger partial charge in [-0.25, -0.2) is 4.39 Å². The van der Waals surface area contributed by atoms with Gasteiger partial charge in [-0.2, -0.15) is 0 Å². The molecule has 0 saturated carbocycles. The molecule has 1 N–H and O–H groups in total. The van der Waals surface area contributed by atoms with Crippen molar-refractivity contribution >= 4 is 23.2 Å². The number of carbonyl (C=O) groups is 1. The molecule has 0 spiro atoms. The first-order valence-corrected chi connectivity index (χ1v) is 5.36. The predicted molar refractivity (Wildman–Crippen MR) is 65.8 cm³/mol. The SMILES string of the molecule is O=C(Nc1ccc(F)cc1)c1ccccc1Cl. The van der Waals surface area contributed by atoms with Crippen LogP contribution in [0.3, 0.4) is 0 Å². The Labute approximate surface area is 103 Å². The lowest BCUT2D eigenvalue weighted by atomic mass is 10.2. The van der Waals surface area contributed by atoms with Crippen molar-refractivity contribution in [3.05, 3.63) is 64.9 Å². The molecule has 2 aromatic rings. The van der Waals surface area contributed by atoms with Gasteiger partial charge in [0.25, 0.3) is 5.91 Å². The highest BCUT2D eigenvalue weighted by Gasteiger charge is 2.09. The van der Waals surface area contributed by atoms with Crippen molar-refractivity contribution in [3.8, 4) is 0 Å². The summed E-state index contributed by atoms with van der Waals surface area (Å²) in [7, 11) is 0. The van der Waals surface area contributed by atoms with Gasteiger partial charge in [-0.05, 0) is 36.4 Å². The second-order valence-electron chi connectivity index (χ2n) is 3.44. The predicted octanol–water partition coefficient (Wildman–Crippen LogP) is 3.73. The highest BCUT2D eigenvalue weighted by Crippen LogP contribution is 2.17. The van der Waals surface area contributed by atoms with E-state index in [1.807, 2.05) is 0 Å². The highest BCUT2D eigenvalue weighted by atomic mass is 35.5. The van der Waals surface area contributed by atoms with Gasteiger partial charge in [-0.1, -0.05) is 23.7 Å². The Balaban J connectivity index is 2.17. The van der Waals surface area contributed by atoms with Gasteiger partial charge >= 0.3 is 0 Å². The first-order valence-electron chi connectivity index (χ1n) is 4.98. The second-order valence-corrected chi connectivity index (χ2v) is 3.85. The summed E-state index contributed by atoms with van der Waals surface area (Å²) in [5, 5.41) is 3.02. The Kier molecular flexibility index (Phi) is 3.40. The number of hydrogen-bond donors (Lipinski definition) is 1. The van der Waals surface area contributed by atoms with E-state index in [1.165, 1.54) is 24.3 Å². The van der Waals surface area contributed by atoms with E-state index in [0.717, 1.165) is 0 Å². The zero-order chi connectivity index (χ0) is 12.3. The van der Waals surface area contributed by atoms with E-state index in [-0.39, 0.29) is 11.7 Å². The van der Waals surface area contributed by atoms with Crippen LogP contribution in [0.2, 0.25) is 5.02 Å². The summed E-state index contributed by atoms with van der Waals surface area (Å²) >= 11 is 5.89. The first-order chi connectivity index (χ1) is 8.16. The number of rotatable bonds is 2. The van der Waals surface area contributed by atoms with Crippen LogP contribution in [0.4, 0.5) is 10.1 Å². The number of hydrogen-bond acceptors (Lipinski definition) is 1. The molecule has 0 atom stereocenters. The van der Waals surface area contributed by atoms with Crippen LogP contribution in [-0.4, -0.2) is 5.91 Å². The largest absolute Gasteiger partial charge is 0.322 e. The standard InChI is InChI=1S/C13H9ClFNO/c14-12-4-2-1-3-11(12)13(17)16-10-7-5-9(15)6-8-10/h1-8H,(H,16,17). The minimum absolute atomic E-state index is 0.317. The highest BCUT2D eigenvalue weighted by molar-refractivity contribution is 6.34. The summed E-state index contributed by atoms with van der Waals surface area (Å²) in [5.74, 6) is -0.664. The summed E-state index contributed by atoms with van der Waals surface area (Å²) in [5.41, 5.74) is 0.912. The molecule has 2 rings (SSSR count). The van der Waals surface area contributed by atoms with Crippen LogP contribution in [0.25, 0.3) is 0 Å². The van der Waals surface area contributed by atoms with Crippen molar-refractivity contribution in [2.24, 2.45) is 0 Å². The second kappa shape index (κ2) is 4.97. The number of amides is 1. The Morgan fingerprint density at radius 3 is 2.35 bits per heavy atom. The van der Waals surface area contributed by atoms with Gasteiger partial charge in [-0.15, -0.1) is 0 Å². The van der Waals surface area contributed by atoms with E-state index < -0.39 is 0 Å². The molecule has 4 heteroatoms. The fourth-order valence-corrected chi connectivity index (χ4v) is 1.60. The topological polar surface area (TPSA) is 29.1 Å². The molecule has 1 amide bonds. The van der Waals surface area contributed by atoms with Crippen molar-refractivity contribution in [1.29, 1.82) is 0 Å². The van der Waals surface area contributed by atoms with E-state index in [2.05, 4.69) is 5.32 Å². The summed E-state index contributed by atoms with van der Waals surface area (Å²) < 4.78 is 12.7. The third kappa shape index (κ3) is 2.82. The molecule has 0 aliphatic heterocycles. The van der Waals surface area contributed by atoms with Crippen LogP contribution in [-0.2, 0) is 0 Å². The fraction of sp³-hybridized carbons (Fsp3) is 0. The van der Waals surface area contributed by atoms with Crippen molar-refractivity contribution in [1.82, 2.24) is 0 Å². The Bertz CT molecular complexity index is 539. The molecular weight excluding hydrogens is 241 g/mol. The quantitative estimate of drug-likeness (QED) is 0.863. The molecular formula is C13H9ClFNO. The number of anilines is 1. The third-order valence-corrected chi connectivity index (χ3v) is 2.55. The zero-order valence-electron chi connectivity index (χ0n) is 8.78. The third-order valence-electron chi connectivity index (χ3n) is 2.22. The normalized spacial score (nSPS) is 10.0. The number of carbonyl (C=O) groups excluding carboxylic acids is 1. The number of nitrogens with one attached hydrogen (secondary N) is 1. The van der Waals surface area contributed by atoms with Gasteiger partial charge < -0.3 is 5.32 Å². The molecule has 0 unspecified atom stereocenters. The van der Waals surface area contributed by atoms with Crippen LogP contribution in [0, 0.1) is 5.82 Å². The molecule has 17 heavy (non-hydrogen) atoms. The van der Waals surface area contributed by atoms with Gasteiger partial charge in [0.1, 0.15) is 5.82 Å². The monoisotopic (exact) mass is 249 g/mol. The molecule has 0 aromatic heterocycles. The van der Waals surface area contributed by atoms with Crippen molar-refractivity contribution in [2.75, 3.05) is 5.32 Å². The van der Waals surface area contributed by atoms with Gasteiger partial charge in [0.05, 0.1) is 10.6 Å². The van der Waals surface area contributed by atoms with Crippen molar-refractivity contribution in [2.45, 2.75) is 0 Å². The van der Waals surface area contributed by atoms with Gasteiger partial charge in [0, 0.05) is 5.69 Å². The number of halogens is 2. The fourth-order valence-electron chi connectivity index (χ4n) is 1.38. The van der Waals surface area contributed by atoms with Crippen LogP contribution in [0.1, 0.15) is 10.4 Å². The Morgan fingerprint density at radius 2 is 1.71 bits per heavy atom. The smallest absolute Gasteiger partial charge is 0.257 e. The van der Waals surface area contributed by atoms with E-state index in [1.54, 1.807) is 24.3 Å². The maximum absolute atomic E-state index is 12.7. The van der Waals surface area contributed by atoms with E-state index in [4.69, 9.17) is 11.6 Å². The van der Waals surface area contributed by atoms with Crippen molar-refractivity contribution < 1.29 is 9.18 Å². The van der Waals surface area contributed by atoms with Gasteiger partial charge in [-0.3, -0.25) is 4.79 Å². The molecule has 0 heterocycles. The van der Waals surface area contributed by atoms with Gasteiger partial charge in [0.15, 0.2) is 0 Å². The molecule has 86 valence electrons. The lowest BCUT2D eigenvalue weighted by molar-refractivity contribution is 0.102. The average Bonchev–Trinajstić information content (AvgIpc) is 2.32. The van der Waals surface area contributed by atoms with E-state index in [9.17, 15) is 9.18 Å². The van der Waals surface area contributed by atoms with E-state index >= 15 is 0 Å². The molecule has 0 saturated heterocycles. The Hall–Kier alpha value is -1.87. The maximum atomic E-state index is 12.7. The van der Waals surface area contributed by atoms with Gasteiger partial charge in [0.2, 0.25) is 0 Å². The lowest BCUT2D eigenvalue weighted by Gasteiger charge is -2.06. The molecule has 0 radical (unpaired) electrons. The van der Waals surface area contributed by atoms with Crippen LogP contribution >= 0.6 is 11.6 Å². The van der Waals surface area contributed by atoms with Crippen molar-refractivity contribution in [3.63, 3.8) is 0 Å². The average molecular weight is 250 g/mol. The molecule has 2 aromatic carbocycles. The minimum atomic E-state index is -0.347. The summed E-state index contributed by atoms with van der Waals surface area (Å²) in [4.78, 5) is 11.8. The zero-order valence-corrected chi connectivity index (χ0v) is 9.54. The van der Waals surface area contributed by atoms with E-state index in [0.29, 0.717) is 16.3 Å². The van der Waals surface area contributed by atoms with Crippen LogP contribution in [0.5, 0.6) is 0 Å². The van der Waals surface area contributed by atoms with Crippen LogP contribution < -0.4 is 5.32 Å². The molecule has 0 fully saturated rings. The first kappa shape index (κ1) is 11.6. The lowest BCUT2D eigenvalue weighted by Crippen LogP contribution is -2.12. The molecule has 0 aliphatic rings. The minimum Gasteiger partial charge on any atom is -0.322 e. The number of benzene rings is 2. The summed E-state index contributed by atoms with van der Waals surface area (Å²) in [6, 6.07) is 12.3. The van der Waals surface area contributed by atoms with Crippen LogP contribution in [0.15, 0.2) is 48.5 Å². The maximum Gasteiger partial charge on any atom is 0.257 e. The molecule has 0 aliphatic carbocycles. The molecule has 0 bridgehead atoms. The Morgan fingerprint density at radius 1 is 1.06 bits per heavy atom. The molecule has 2 nitrogen and oxygen atoms in total. The summed E-state index contributed by atoms with van der Waals surface area (Å²) in [6.45, 7) is 0.